The standard InChI is InChI=1S/C12H9N.12H2/c1-3-7-11-9(5-1)10-6-2-4-8-12(10)13-11;;;;;;;;;;;;/h1-8,13H;12*1H. The SMILES string of the molecule is [HH].[HH].[HH].[HH].[HH].[HH].[HH].[HH].[HH].[HH].[HH].[HH].c1ccc2c(c1)[nH]c1ccccc12. The van der Waals surface area contributed by atoms with Crippen molar-refractivity contribution in [1.82, 2.24) is 4.98 Å². The first-order valence-electron chi connectivity index (χ1n) is 4.40. The summed E-state index contributed by atoms with van der Waals surface area (Å²) in [6.45, 7) is 0. The molecule has 1 heterocycles. The molecule has 0 radical (unpaired) electrons. The molecule has 1 nitrogen and oxygen atoms in total. The summed E-state index contributed by atoms with van der Waals surface area (Å²) in [6, 6.07) is 16.8. The average Bonchev–Trinajstić information content (AvgIpc) is 2.56. The summed E-state index contributed by atoms with van der Waals surface area (Å²) in [5.74, 6) is 0. The van der Waals surface area contributed by atoms with Crippen LogP contribution in [0, 0.1) is 0 Å². The van der Waals surface area contributed by atoms with Crippen molar-refractivity contribution in [2.75, 3.05) is 0 Å². The number of hydrogen-bond acceptors (Lipinski definition) is 0. The van der Waals surface area contributed by atoms with Crippen molar-refractivity contribution in [2.24, 2.45) is 0 Å². The molecule has 86 valence electrons. The van der Waals surface area contributed by atoms with E-state index >= 15 is 0 Å². The molecule has 0 saturated heterocycles. The van der Waals surface area contributed by atoms with Crippen molar-refractivity contribution in [1.29, 1.82) is 0 Å². The summed E-state index contributed by atoms with van der Waals surface area (Å²) in [5, 5.41) is 2.61. The molecule has 13 heavy (non-hydrogen) atoms. The molecule has 0 aliphatic rings. The van der Waals surface area contributed by atoms with Gasteiger partial charge in [0.2, 0.25) is 0 Å². The zero-order chi connectivity index (χ0) is 8.67. The van der Waals surface area contributed by atoms with Crippen LogP contribution in [0.5, 0.6) is 0 Å². The second kappa shape index (κ2) is 2.36. The molecule has 0 saturated carbocycles. The lowest BCUT2D eigenvalue weighted by molar-refractivity contribution is 1.55. The van der Waals surface area contributed by atoms with Crippen LogP contribution >= 0.6 is 0 Å². The van der Waals surface area contributed by atoms with Crippen molar-refractivity contribution in [2.45, 2.75) is 0 Å². The predicted molar refractivity (Wildman–Crippen MR) is 81.2 cm³/mol. The molecule has 1 aromatic heterocycles. The van der Waals surface area contributed by atoms with E-state index in [1.807, 2.05) is 0 Å². The summed E-state index contributed by atoms with van der Waals surface area (Å²) in [4.78, 5) is 3.38. The molecule has 1 N–H and O–H groups in total. The van der Waals surface area contributed by atoms with Crippen molar-refractivity contribution in [3.63, 3.8) is 0 Å². The molecule has 0 spiro atoms. The van der Waals surface area contributed by atoms with E-state index in [0.717, 1.165) is 0 Å². The minimum atomic E-state index is 0. The molecule has 0 fully saturated rings. The van der Waals surface area contributed by atoms with E-state index in [2.05, 4.69) is 53.5 Å². The van der Waals surface area contributed by atoms with Gasteiger partial charge in [0, 0.05) is 38.9 Å². The number of nitrogens with one attached hydrogen (secondary N) is 1. The molecule has 3 aromatic rings. The van der Waals surface area contributed by atoms with Crippen molar-refractivity contribution in [3.8, 4) is 0 Å². The number of aromatic nitrogens is 1. The first-order valence-corrected chi connectivity index (χ1v) is 4.40. The van der Waals surface area contributed by atoms with Crippen LogP contribution in [0.2, 0.25) is 0 Å². The summed E-state index contributed by atoms with van der Waals surface area (Å²) in [7, 11) is 0. The maximum absolute atomic E-state index is 3.38. The molecule has 0 aliphatic heterocycles. The van der Waals surface area contributed by atoms with Crippen LogP contribution in [0.1, 0.15) is 17.1 Å². The minimum Gasteiger partial charge on any atom is -0.355 e. The smallest absolute Gasteiger partial charge is 0.0464 e. The topological polar surface area (TPSA) is 15.8 Å². The molecule has 0 unspecified atom stereocenters. The van der Waals surface area contributed by atoms with E-state index in [9.17, 15) is 0 Å². The Morgan fingerprint density at radius 3 is 1.69 bits per heavy atom. The number of rotatable bonds is 0. The predicted octanol–water partition coefficient (Wildman–Crippen LogP) is 6.27. The molecule has 1 heteroatoms. The molecule has 0 bridgehead atoms. The summed E-state index contributed by atoms with van der Waals surface area (Å²) < 4.78 is 0. The summed E-state index contributed by atoms with van der Waals surface area (Å²) >= 11 is 0. The van der Waals surface area contributed by atoms with Crippen molar-refractivity contribution < 1.29 is 17.1 Å². The molecular formula is C12H33N. The van der Waals surface area contributed by atoms with E-state index in [4.69, 9.17) is 0 Å². The molecule has 0 amide bonds. The second-order valence-electron chi connectivity index (χ2n) is 3.22. The van der Waals surface area contributed by atoms with Crippen LogP contribution in [0.15, 0.2) is 48.5 Å². The van der Waals surface area contributed by atoms with Gasteiger partial charge in [-0.3, -0.25) is 0 Å². The Hall–Kier alpha value is -1.76. The molecule has 3 rings (SSSR count). The number of benzene rings is 2. The van der Waals surface area contributed by atoms with E-state index in [1.54, 1.807) is 0 Å². The van der Waals surface area contributed by atoms with Crippen LogP contribution < -0.4 is 0 Å². The zero-order valence-electron chi connectivity index (χ0n) is 7.12. The van der Waals surface area contributed by atoms with Gasteiger partial charge in [0.15, 0.2) is 0 Å². The van der Waals surface area contributed by atoms with E-state index in [-0.39, 0.29) is 17.1 Å². The molecule has 0 atom stereocenters. The normalized spacial score (nSPS) is 11.1. The Labute approximate surface area is 93.8 Å². The highest BCUT2D eigenvalue weighted by molar-refractivity contribution is 6.06. The van der Waals surface area contributed by atoms with Crippen molar-refractivity contribution >= 4 is 21.8 Å². The number of para-hydroxylation sites is 2. The first kappa shape index (κ1) is 6.72. The third-order valence-corrected chi connectivity index (χ3v) is 2.41. The number of fused-ring (bicyclic) bond motifs is 3. The highest BCUT2D eigenvalue weighted by Crippen LogP contribution is 2.24. The van der Waals surface area contributed by atoms with Gasteiger partial charge in [-0.1, -0.05) is 36.4 Å². The van der Waals surface area contributed by atoms with Crippen LogP contribution in [0.3, 0.4) is 0 Å². The largest absolute Gasteiger partial charge is 0.355 e. The lowest BCUT2D eigenvalue weighted by atomic mass is 10.2. The lowest BCUT2D eigenvalue weighted by Crippen LogP contribution is -1.62. The van der Waals surface area contributed by atoms with Crippen LogP contribution in [-0.4, -0.2) is 4.98 Å². The monoisotopic (exact) mass is 191 g/mol. The Bertz CT molecular complexity index is 538. The minimum absolute atomic E-state index is 0. The summed E-state index contributed by atoms with van der Waals surface area (Å²) in [6.07, 6.45) is 0. The Morgan fingerprint density at radius 1 is 0.692 bits per heavy atom. The van der Waals surface area contributed by atoms with Gasteiger partial charge in [0.1, 0.15) is 0 Å². The second-order valence-corrected chi connectivity index (χ2v) is 3.22. The van der Waals surface area contributed by atoms with Gasteiger partial charge in [0.25, 0.3) is 0 Å². The Morgan fingerprint density at radius 2 is 1.15 bits per heavy atom. The van der Waals surface area contributed by atoms with Gasteiger partial charge < -0.3 is 4.98 Å². The van der Waals surface area contributed by atoms with E-state index < -0.39 is 0 Å². The average molecular weight is 191 g/mol. The maximum atomic E-state index is 3.38. The molecule has 2 aromatic carbocycles. The van der Waals surface area contributed by atoms with E-state index in [1.165, 1.54) is 21.8 Å². The third kappa shape index (κ3) is 0.872. The number of H-pyrrole nitrogens is 1. The van der Waals surface area contributed by atoms with Crippen LogP contribution in [0.4, 0.5) is 0 Å². The van der Waals surface area contributed by atoms with Gasteiger partial charge in [-0.2, -0.15) is 0 Å². The fourth-order valence-electron chi connectivity index (χ4n) is 1.80. The number of hydrogen-bond donors (Lipinski definition) is 1. The van der Waals surface area contributed by atoms with Gasteiger partial charge in [-0.25, -0.2) is 0 Å². The molecular weight excluding hydrogens is 158 g/mol. The van der Waals surface area contributed by atoms with Crippen LogP contribution in [0.25, 0.3) is 21.8 Å². The van der Waals surface area contributed by atoms with Crippen LogP contribution in [-0.2, 0) is 0 Å². The lowest BCUT2D eigenvalue weighted by Gasteiger charge is -1.87. The molecule has 0 aliphatic carbocycles. The first-order chi connectivity index (χ1) is 6.45. The fraction of sp³-hybridized carbons (Fsp3) is 0. The van der Waals surface area contributed by atoms with Gasteiger partial charge >= 0.3 is 0 Å². The zero-order valence-corrected chi connectivity index (χ0v) is 7.12. The van der Waals surface area contributed by atoms with Gasteiger partial charge in [-0.15, -0.1) is 0 Å². The van der Waals surface area contributed by atoms with E-state index in [0.29, 0.717) is 0 Å². The van der Waals surface area contributed by atoms with Gasteiger partial charge in [-0.05, 0) is 12.1 Å². The summed E-state index contributed by atoms with van der Waals surface area (Å²) in [5.41, 5.74) is 2.42. The highest BCUT2D eigenvalue weighted by Gasteiger charge is 2.00. The number of aromatic amines is 1. The quantitative estimate of drug-likeness (QED) is 0.431. The fourth-order valence-corrected chi connectivity index (χ4v) is 1.80. The third-order valence-electron chi connectivity index (χ3n) is 2.41. The van der Waals surface area contributed by atoms with Crippen molar-refractivity contribution in [3.05, 3.63) is 48.5 Å². The highest BCUT2D eigenvalue weighted by atomic mass is 14.7. The maximum Gasteiger partial charge on any atom is 0.0464 e. The Kier molecular flexibility index (Phi) is 1.22. The van der Waals surface area contributed by atoms with Gasteiger partial charge in [0.05, 0.1) is 0 Å². The Balaban J connectivity index is -0.0000000234.